The fraction of sp³-hybridized carbons (Fsp3) is 0.192. The molecule has 0 aliphatic heterocycles. The van der Waals surface area contributed by atoms with Gasteiger partial charge in [-0.05, 0) is 104 Å². The molecule has 9 aromatic rings. The number of para-hydroxylation sites is 1. The van der Waals surface area contributed by atoms with E-state index >= 15 is 0 Å². The number of imidazole rings is 1. The Kier molecular flexibility index (Phi) is 8.73. The van der Waals surface area contributed by atoms with E-state index in [1.54, 1.807) is 0 Å². The van der Waals surface area contributed by atoms with Gasteiger partial charge in [0, 0.05) is 17.0 Å². The Bertz CT molecular complexity index is 2840. The van der Waals surface area contributed by atoms with E-state index in [0.29, 0.717) is 0 Å². The van der Waals surface area contributed by atoms with E-state index in [1.165, 1.54) is 33.4 Å². The lowest BCUT2D eigenvalue weighted by atomic mass is 9.88. The van der Waals surface area contributed by atoms with E-state index < -0.39 is 0 Å². The number of hydrogen-bond acceptors (Lipinski definition) is 3. The molecule has 0 N–H and O–H groups in total. The largest absolute Gasteiger partial charge is 0.455 e. The monoisotopic (exact) mass is 729 g/mol. The van der Waals surface area contributed by atoms with Gasteiger partial charge in [0.05, 0.1) is 11.3 Å². The summed E-state index contributed by atoms with van der Waals surface area (Å²) in [5.74, 6) is 1.32. The maximum Gasteiger partial charge on any atom is 0.164 e. The van der Waals surface area contributed by atoms with E-state index in [0.717, 1.165) is 66.9 Å². The van der Waals surface area contributed by atoms with Crippen LogP contribution in [0.2, 0.25) is 0 Å². The number of hydrogen-bond donors (Lipinski definition) is 0. The molecule has 0 amide bonds. The van der Waals surface area contributed by atoms with Crippen LogP contribution >= 0.6 is 0 Å². The molecule has 276 valence electrons. The van der Waals surface area contributed by atoms with Gasteiger partial charge in [0.1, 0.15) is 16.7 Å². The van der Waals surface area contributed by atoms with Gasteiger partial charge in [-0.25, -0.2) is 9.97 Å². The summed E-state index contributed by atoms with van der Waals surface area (Å²) in [5, 5.41) is 2.15. The third-order valence-corrected chi connectivity index (χ3v) is 11.2. The maximum absolute atomic E-state index is 6.92. The van der Waals surface area contributed by atoms with Crippen LogP contribution in [0, 0.1) is 0 Å². The third kappa shape index (κ3) is 6.20. The fourth-order valence-corrected chi connectivity index (χ4v) is 8.02. The van der Waals surface area contributed by atoms with Gasteiger partial charge in [-0.15, -0.1) is 0 Å². The summed E-state index contributed by atoms with van der Waals surface area (Å²) >= 11 is 0. The van der Waals surface area contributed by atoms with E-state index in [-0.39, 0.29) is 17.3 Å². The van der Waals surface area contributed by atoms with Crippen molar-refractivity contribution in [1.82, 2.24) is 14.5 Å². The van der Waals surface area contributed by atoms with E-state index in [2.05, 4.69) is 193 Å². The number of pyridine rings is 1. The van der Waals surface area contributed by atoms with Crippen LogP contribution in [-0.2, 0) is 5.41 Å². The number of benzene rings is 6. The standard InChI is InChI=1S/C52H47N3O/c1-32(2)44-27-39(35-17-12-9-13-18-35)28-45(33(3)4)48(44)55-50(54-46-30-40(52(5,6)7)31-53-51(46)55)43-20-14-19-42-41-26-25-38(29-47(41)56-49(42)43)37-23-21-36(22-24-37)34-15-10-8-11-16-34/h8-33H,1-7H3. The van der Waals surface area contributed by atoms with E-state index in [9.17, 15) is 0 Å². The highest BCUT2D eigenvalue weighted by Gasteiger charge is 2.27. The molecule has 6 aromatic carbocycles. The van der Waals surface area contributed by atoms with E-state index in [4.69, 9.17) is 14.4 Å². The first-order chi connectivity index (χ1) is 27.0. The molecule has 0 saturated heterocycles. The Hall–Kier alpha value is -6.26. The van der Waals surface area contributed by atoms with Gasteiger partial charge in [0.25, 0.3) is 0 Å². The second-order valence-corrected chi connectivity index (χ2v) is 16.7. The molecular formula is C52H47N3O. The van der Waals surface area contributed by atoms with Crippen molar-refractivity contribution in [3.05, 3.63) is 162 Å². The van der Waals surface area contributed by atoms with Gasteiger partial charge >= 0.3 is 0 Å². The van der Waals surface area contributed by atoms with Gasteiger partial charge in [0.2, 0.25) is 0 Å². The van der Waals surface area contributed by atoms with Crippen LogP contribution in [0.25, 0.3) is 83.6 Å². The van der Waals surface area contributed by atoms with Gasteiger partial charge in [0.15, 0.2) is 11.5 Å². The quantitative estimate of drug-likeness (QED) is 0.164. The predicted octanol–water partition coefficient (Wildman–Crippen LogP) is 14.5. The Morgan fingerprint density at radius 3 is 1.73 bits per heavy atom. The Labute approximate surface area is 329 Å². The molecular weight excluding hydrogens is 683 g/mol. The minimum Gasteiger partial charge on any atom is -0.455 e. The molecule has 0 bridgehead atoms. The second-order valence-electron chi connectivity index (χ2n) is 16.7. The minimum absolute atomic E-state index is 0.0764. The summed E-state index contributed by atoms with van der Waals surface area (Å²) < 4.78 is 9.24. The van der Waals surface area contributed by atoms with Gasteiger partial charge < -0.3 is 4.42 Å². The summed E-state index contributed by atoms with van der Waals surface area (Å²) in [4.78, 5) is 10.7. The lowest BCUT2D eigenvalue weighted by Gasteiger charge is -2.24. The zero-order valence-corrected chi connectivity index (χ0v) is 33.3. The highest BCUT2D eigenvalue weighted by atomic mass is 16.3. The molecule has 4 nitrogen and oxygen atoms in total. The number of aromatic nitrogens is 3. The molecule has 56 heavy (non-hydrogen) atoms. The zero-order chi connectivity index (χ0) is 38.7. The van der Waals surface area contributed by atoms with Crippen LogP contribution in [-0.4, -0.2) is 14.5 Å². The van der Waals surface area contributed by atoms with Crippen LogP contribution in [0.4, 0.5) is 0 Å². The van der Waals surface area contributed by atoms with Crippen molar-refractivity contribution in [1.29, 1.82) is 0 Å². The molecule has 0 unspecified atom stereocenters. The molecule has 3 heterocycles. The van der Waals surface area contributed by atoms with Crippen molar-refractivity contribution in [2.45, 2.75) is 65.7 Å². The van der Waals surface area contributed by atoms with Crippen molar-refractivity contribution < 1.29 is 4.42 Å². The third-order valence-electron chi connectivity index (χ3n) is 11.2. The van der Waals surface area contributed by atoms with Crippen LogP contribution < -0.4 is 0 Å². The number of fused-ring (bicyclic) bond motifs is 4. The number of furan rings is 1. The number of nitrogens with zero attached hydrogens (tertiary/aromatic N) is 3. The summed E-state index contributed by atoms with van der Waals surface area (Å²) in [5.41, 5.74) is 16.2. The molecule has 0 atom stereocenters. The van der Waals surface area contributed by atoms with Crippen LogP contribution in [0.1, 0.15) is 77.0 Å². The molecule has 0 aliphatic carbocycles. The van der Waals surface area contributed by atoms with Crippen molar-refractivity contribution in [3.63, 3.8) is 0 Å². The molecule has 0 spiro atoms. The Balaban J connectivity index is 1.26. The molecule has 3 aromatic heterocycles. The normalized spacial score (nSPS) is 12.2. The molecule has 0 saturated carbocycles. The first-order valence-corrected chi connectivity index (χ1v) is 19.8. The average molecular weight is 730 g/mol. The highest BCUT2D eigenvalue weighted by Crippen LogP contribution is 2.43. The Morgan fingerprint density at radius 1 is 0.554 bits per heavy atom. The van der Waals surface area contributed by atoms with Crippen LogP contribution in [0.3, 0.4) is 0 Å². The summed E-state index contributed by atoms with van der Waals surface area (Å²) in [7, 11) is 0. The number of rotatable bonds is 7. The van der Waals surface area contributed by atoms with Crippen molar-refractivity contribution in [2.75, 3.05) is 0 Å². The molecule has 9 rings (SSSR count). The van der Waals surface area contributed by atoms with Crippen molar-refractivity contribution >= 4 is 33.1 Å². The molecule has 0 fully saturated rings. The highest BCUT2D eigenvalue weighted by molar-refractivity contribution is 6.10. The first kappa shape index (κ1) is 35.4. The maximum atomic E-state index is 6.92. The molecule has 4 heteroatoms. The topological polar surface area (TPSA) is 43.9 Å². The summed E-state index contributed by atoms with van der Waals surface area (Å²) in [6, 6.07) is 50.0. The second kappa shape index (κ2) is 13.8. The van der Waals surface area contributed by atoms with Gasteiger partial charge in [-0.2, -0.15) is 0 Å². The average Bonchev–Trinajstić information content (AvgIpc) is 3.78. The van der Waals surface area contributed by atoms with Crippen LogP contribution in [0.15, 0.2) is 150 Å². The smallest absolute Gasteiger partial charge is 0.164 e. The lowest BCUT2D eigenvalue weighted by molar-refractivity contribution is 0.588. The summed E-state index contributed by atoms with van der Waals surface area (Å²) in [6.07, 6.45) is 2.03. The molecule has 0 radical (unpaired) electrons. The zero-order valence-electron chi connectivity index (χ0n) is 33.3. The minimum atomic E-state index is -0.0764. The SMILES string of the molecule is CC(C)c1cc(-c2ccccc2)cc(C(C)C)c1-n1c(-c2cccc3c2oc2cc(-c4ccc(-c5ccccc5)cc4)ccc23)nc2cc(C(C)(C)C)cnc21. The molecule has 0 aliphatic rings. The summed E-state index contributed by atoms with van der Waals surface area (Å²) in [6.45, 7) is 15.8. The Morgan fingerprint density at radius 2 is 1.12 bits per heavy atom. The van der Waals surface area contributed by atoms with Crippen molar-refractivity contribution in [2.24, 2.45) is 0 Å². The fourth-order valence-electron chi connectivity index (χ4n) is 8.02. The van der Waals surface area contributed by atoms with Crippen molar-refractivity contribution in [3.8, 4) is 50.5 Å². The first-order valence-electron chi connectivity index (χ1n) is 19.8. The predicted molar refractivity (Wildman–Crippen MR) is 235 cm³/mol. The van der Waals surface area contributed by atoms with Gasteiger partial charge in [-0.1, -0.05) is 152 Å². The van der Waals surface area contributed by atoms with Gasteiger partial charge in [-0.3, -0.25) is 4.57 Å². The van der Waals surface area contributed by atoms with Crippen LogP contribution in [0.5, 0.6) is 0 Å². The van der Waals surface area contributed by atoms with E-state index in [1.807, 2.05) is 6.20 Å². The lowest BCUT2D eigenvalue weighted by Crippen LogP contribution is -2.12.